The number of rotatable bonds is 3. The number of aryl methyl sites for hydroxylation is 1. The van der Waals surface area contributed by atoms with E-state index in [-0.39, 0.29) is 11.5 Å². The van der Waals surface area contributed by atoms with Crippen molar-refractivity contribution in [3.63, 3.8) is 0 Å². The van der Waals surface area contributed by atoms with E-state index in [0.717, 1.165) is 30.0 Å². The van der Waals surface area contributed by atoms with Crippen LogP contribution >= 0.6 is 11.3 Å². The zero-order valence-electron chi connectivity index (χ0n) is 9.93. The van der Waals surface area contributed by atoms with Gasteiger partial charge in [-0.2, -0.15) is 0 Å². The number of nitrogens with two attached hydrogens (primary N) is 1. The first-order valence-corrected chi connectivity index (χ1v) is 6.99. The van der Waals surface area contributed by atoms with E-state index in [9.17, 15) is 5.11 Å². The molecule has 17 heavy (non-hydrogen) atoms. The van der Waals surface area contributed by atoms with Gasteiger partial charge in [0.1, 0.15) is 11.1 Å². The van der Waals surface area contributed by atoms with Gasteiger partial charge in [-0.25, -0.2) is 4.98 Å². The summed E-state index contributed by atoms with van der Waals surface area (Å²) in [6.45, 7) is 2.41. The van der Waals surface area contributed by atoms with Crippen molar-refractivity contribution >= 4 is 11.3 Å². The maximum absolute atomic E-state index is 10.6. The molecule has 0 aliphatic carbocycles. The number of nitrogens with zero attached hydrogens (tertiary/aromatic N) is 1. The molecule has 1 aromatic heterocycles. The first-order valence-electron chi connectivity index (χ1n) is 6.11. The van der Waals surface area contributed by atoms with Gasteiger partial charge in [0, 0.05) is 23.0 Å². The fraction of sp³-hybridized carbons (Fsp3) is 0.750. The number of hydrogen-bond donors (Lipinski definition) is 2. The van der Waals surface area contributed by atoms with E-state index in [1.165, 1.54) is 11.3 Å². The molecular formula is C12H18N2O2S. The Balaban J connectivity index is 1.91. The van der Waals surface area contributed by atoms with Crippen LogP contribution in [-0.4, -0.2) is 28.8 Å². The average Bonchev–Trinajstić information content (AvgIpc) is 3.02. The molecule has 0 radical (unpaired) electrons. The summed E-state index contributed by atoms with van der Waals surface area (Å²) in [7, 11) is 0. The highest BCUT2D eigenvalue weighted by atomic mass is 32.1. The number of ether oxygens (including phenoxy) is 1. The van der Waals surface area contributed by atoms with Crippen LogP contribution in [0.3, 0.4) is 0 Å². The molecule has 2 fully saturated rings. The largest absolute Gasteiger partial charge is 0.385 e. The molecule has 0 saturated carbocycles. The summed E-state index contributed by atoms with van der Waals surface area (Å²) in [6, 6.07) is 0. The van der Waals surface area contributed by atoms with Crippen molar-refractivity contribution in [3.05, 3.63) is 16.1 Å². The summed E-state index contributed by atoms with van der Waals surface area (Å²) < 4.78 is 5.87. The Morgan fingerprint density at radius 1 is 1.71 bits per heavy atom. The van der Waals surface area contributed by atoms with Crippen LogP contribution in [0.5, 0.6) is 0 Å². The summed E-state index contributed by atoms with van der Waals surface area (Å²) in [5.74, 6) is 0. The molecule has 94 valence electrons. The highest BCUT2D eigenvalue weighted by molar-refractivity contribution is 7.09. The average molecular weight is 254 g/mol. The summed E-state index contributed by atoms with van der Waals surface area (Å²) >= 11 is 1.51. The molecule has 0 amide bonds. The first kappa shape index (κ1) is 11.6. The van der Waals surface area contributed by atoms with Crippen LogP contribution in [0.15, 0.2) is 5.38 Å². The van der Waals surface area contributed by atoms with Gasteiger partial charge in [-0.15, -0.1) is 11.3 Å². The minimum Gasteiger partial charge on any atom is -0.385 e. The van der Waals surface area contributed by atoms with Crippen molar-refractivity contribution in [1.82, 2.24) is 4.98 Å². The van der Waals surface area contributed by atoms with Crippen LogP contribution in [0.4, 0.5) is 0 Å². The van der Waals surface area contributed by atoms with E-state index in [1.807, 2.05) is 12.3 Å². The monoisotopic (exact) mass is 254 g/mol. The number of thiazole rings is 1. The number of hydrogen-bond acceptors (Lipinski definition) is 5. The predicted molar refractivity (Wildman–Crippen MR) is 65.8 cm³/mol. The van der Waals surface area contributed by atoms with Crippen LogP contribution in [0, 0.1) is 12.3 Å². The Labute approximate surface area is 105 Å². The van der Waals surface area contributed by atoms with E-state index in [0.29, 0.717) is 12.6 Å². The van der Waals surface area contributed by atoms with Crippen LogP contribution in [0.2, 0.25) is 0 Å². The third-order valence-electron chi connectivity index (χ3n) is 4.15. The van der Waals surface area contributed by atoms with Crippen LogP contribution < -0.4 is 5.73 Å². The molecule has 1 aromatic rings. The first-order chi connectivity index (χ1) is 8.15. The fourth-order valence-electron chi connectivity index (χ4n) is 3.19. The molecule has 3 N–H and O–H groups in total. The molecule has 2 aliphatic heterocycles. The quantitative estimate of drug-likeness (QED) is 0.855. The van der Waals surface area contributed by atoms with Crippen LogP contribution in [-0.2, 0) is 4.74 Å². The lowest BCUT2D eigenvalue weighted by atomic mass is 9.70. The van der Waals surface area contributed by atoms with Gasteiger partial charge < -0.3 is 15.6 Å². The van der Waals surface area contributed by atoms with E-state index >= 15 is 0 Å². The Bertz CT molecular complexity index is 422. The van der Waals surface area contributed by atoms with E-state index in [2.05, 4.69) is 4.98 Å². The van der Waals surface area contributed by atoms with Crippen molar-refractivity contribution < 1.29 is 9.84 Å². The van der Waals surface area contributed by atoms with Gasteiger partial charge in [-0.05, 0) is 26.2 Å². The second-order valence-electron chi connectivity index (χ2n) is 5.20. The second kappa shape index (κ2) is 4.02. The molecule has 0 aromatic carbocycles. The molecule has 2 bridgehead atoms. The number of aliphatic hydroxyl groups excluding tert-OH is 1. The molecule has 3 rings (SSSR count). The normalized spacial score (nSPS) is 37.6. The molecule has 2 saturated heterocycles. The molecule has 4 unspecified atom stereocenters. The number of aliphatic hydroxyl groups is 1. The van der Waals surface area contributed by atoms with Gasteiger partial charge in [0.15, 0.2) is 0 Å². The minimum atomic E-state index is -0.582. The van der Waals surface area contributed by atoms with Gasteiger partial charge in [0.25, 0.3) is 0 Å². The smallest absolute Gasteiger partial charge is 0.122 e. The zero-order chi connectivity index (χ0) is 12.0. The lowest BCUT2D eigenvalue weighted by Crippen LogP contribution is -2.44. The fourth-order valence-corrected chi connectivity index (χ4v) is 4.10. The topological polar surface area (TPSA) is 68.4 Å². The number of fused-ring (bicyclic) bond motifs is 2. The highest BCUT2D eigenvalue weighted by Crippen LogP contribution is 2.53. The molecular weight excluding hydrogens is 236 g/mol. The summed E-state index contributed by atoms with van der Waals surface area (Å²) in [5.41, 5.74) is 6.58. The second-order valence-corrected chi connectivity index (χ2v) is 6.08. The SMILES string of the molecule is Cc1csc(C(O)C2(CN)CC3CCC2O3)n1. The number of aromatic nitrogens is 1. The van der Waals surface area contributed by atoms with Crippen molar-refractivity contribution in [3.8, 4) is 0 Å². The maximum atomic E-state index is 10.6. The van der Waals surface area contributed by atoms with Crippen LogP contribution in [0.1, 0.15) is 36.1 Å². The minimum absolute atomic E-state index is 0.108. The molecule has 4 atom stereocenters. The van der Waals surface area contributed by atoms with Gasteiger partial charge in [0.2, 0.25) is 0 Å². The summed E-state index contributed by atoms with van der Waals surface area (Å²) in [4.78, 5) is 4.39. The van der Waals surface area contributed by atoms with E-state index in [1.54, 1.807) is 0 Å². The maximum Gasteiger partial charge on any atom is 0.122 e. The van der Waals surface area contributed by atoms with Crippen molar-refractivity contribution in [2.75, 3.05) is 6.54 Å². The molecule has 4 nitrogen and oxygen atoms in total. The lowest BCUT2D eigenvalue weighted by molar-refractivity contribution is -0.0265. The summed E-state index contributed by atoms with van der Waals surface area (Å²) in [6.07, 6.45) is 2.81. The Morgan fingerprint density at radius 2 is 2.53 bits per heavy atom. The Hall–Kier alpha value is -0.490. The van der Waals surface area contributed by atoms with Crippen molar-refractivity contribution in [2.45, 2.75) is 44.5 Å². The van der Waals surface area contributed by atoms with Crippen LogP contribution in [0.25, 0.3) is 0 Å². The van der Waals surface area contributed by atoms with Crippen molar-refractivity contribution in [1.29, 1.82) is 0 Å². The third kappa shape index (κ3) is 1.64. The molecule has 2 aliphatic rings. The highest BCUT2D eigenvalue weighted by Gasteiger charge is 2.56. The van der Waals surface area contributed by atoms with Gasteiger partial charge in [-0.3, -0.25) is 0 Å². The third-order valence-corrected chi connectivity index (χ3v) is 5.17. The Morgan fingerprint density at radius 3 is 3.00 bits per heavy atom. The van der Waals surface area contributed by atoms with E-state index < -0.39 is 6.10 Å². The molecule has 3 heterocycles. The Kier molecular flexibility index (Phi) is 2.74. The van der Waals surface area contributed by atoms with Gasteiger partial charge in [-0.1, -0.05) is 0 Å². The summed E-state index contributed by atoms with van der Waals surface area (Å²) in [5, 5.41) is 13.3. The molecule has 0 spiro atoms. The standard InChI is InChI=1S/C12H18N2O2S/c1-7-5-17-11(14-7)10(15)12(6-13)4-8-2-3-9(12)16-8/h5,8-10,15H,2-4,6,13H2,1H3. The molecule has 5 heteroatoms. The zero-order valence-corrected chi connectivity index (χ0v) is 10.7. The van der Waals surface area contributed by atoms with Crippen molar-refractivity contribution in [2.24, 2.45) is 11.1 Å². The van der Waals surface area contributed by atoms with E-state index in [4.69, 9.17) is 10.5 Å². The predicted octanol–water partition coefficient (Wildman–Crippen LogP) is 1.38. The lowest BCUT2D eigenvalue weighted by Gasteiger charge is -2.37. The van der Waals surface area contributed by atoms with Gasteiger partial charge >= 0.3 is 0 Å². The van der Waals surface area contributed by atoms with Gasteiger partial charge in [0.05, 0.1) is 12.2 Å².